The van der Waals surface area contributed by atoms with Gasteiger partial charge in [0.1, 0.15) is 33.0 Å². The number of thioether (sulfide) groups is 3. The molecule has 0 aliphatic carbocycles. The van der Waals surface area contributed by atoms with E-state index in [2.05, 4.69) is 31.0 Å². The van der Waals surface area contributed by atoms with Gasteiger partial charge in [-0.15, -0.1) is 45.1 Å². The minimum Gasteiger partial charge on any atom is -0.451 e. The van der Waals surface area contributed by atoms with Crippen LogP contribution in [0, 0.1) is 0 Å². The van der Waals surface area contributed by atoms with Crippen LogP contribution in [0.4, 0.5) is 9.93 Å². The molecule has 2 aliphatic rings. The number of ether oxygens (including phenoxy) is 2. The molecule has 2 N–H and O–H groups in total. The van der Waals surface area contributed by atoms with E-state index in [0.717, 1.165) is 43.5 Å². The summed E-state index contributed by atoms with van der Waals surface area (Å²) >= 11 is 6.71. The molecule has 2 unspecified atom stereocenters. The number of nitrogens with zero attached hydrogens (tertiary/aromatic N) is 5. The van der Waals surface area contributed by atoms with Gasteiger partial charge in [0, 0.05) is 39.5 Å². The molecule has 4 heterocycles. The third kappa shape index (κ3) is 11.2. The van der Waals surface area contributed by atoms with E-state index in [1.165, 1.54) is 46.6 Å². The molecule has 5 aromatic carbocycles. The van der Waals surface area contributed by atoms with Crippen molar-refractivity contribution in [2.45, 2.75) is 58.6 Å². The van der Waals surface area contributed by atoms with Crippen molar-refractivity contribution in [1.29, 1.82) is 0 Å². The van der Waals surface area contributed by atoms with Crippen molar-refractivity contribution in [1.82, 2.24) is 25.4 Å². The molecule has 2 fully saturated rings. The van der Waals surface area contributed by atoms with Gasteiger partial charge in [0.05, 0.1) is 0 Å². The van der Waals surface area contributed by atoms with E-state index in [9.17, 15) is 19.2 Å². The summed E-state index contributed by atoms with van der Waals surface area (Å²) in [5, 5.41) is 20.0. The van der Waals surface area contributed by atoms with Crippen molar-refractivity contribution < 1.29 is 33.5 Å². The summed E-state index contributed by atoms with van der Waals surface area (Å²) in [5.74, 6) is -1.32. The maximum Gasteiger partial charge on any atom is 0.413 e. The Balaban J connectivity index is 1.02. The summed E-state index contributed by atoms with van der Waals surface area (Å²) in [4.78, 5) is 69.9. The van der Waals surface area contributed by atoms with Gasteiger partial charge in [-0.05, 0) is 31.9 Å². The lowest BCUT2D eigenvalue weighted by molar-refractivity contribution is -0.155. The van der Waals surface area contributed by atoms with E-state index in [1.807, 2.05) is 152 Å². The Kier molecular flexibility index (Phi) is 15.2. The molecule has 7 aromatic rings. The fourth-order valence-corrected chi connectivity index (χ4v) is 13.8. The van der Waals surface area contributed by atoms with Crippen LogP contribution in [0.5, 0.6) is 0 Å². The fourth-order valence-electron chi connectivity index (χ4n) is 8.07. The summed E-state index contributed by atoms with van der Waals surface area (Å²) in [5.41, 5.74) is 3.16. The van der Waals surface area contributed by atoms with Gasteiger partial charge in [-0.3, -0.25) is 19.7 Å². The molecule has 71 heavy (non-hydrogen) atoms. The highest BCUT2D eigenvalue weighted by atomic mass is 32.2. The first-order valence-corrected chi connectivity index (χ1v) is 27.2. The predicted octanol–water partition coefficient (Wildman–Crippen LogP) is 10.0. The molecular formula is C52H47N7O7S5. The number of fused-ring (bicyclic) bond motifs is 1. The summed E-state index contributed by atoms with van der Waals surface area (Å²) < 4.78 is 11.5. The molecule has 2 saturated heterocycles. The zero-order valence-corrected chi connectivity index (χ0v) is 42.7. The van der Waals surface area contributed by atoms with Gasteiger partial charge in [-0.1, -0.05) is 180 Å². The maximum absolute atomic E-state index is 14.9. The molecule has 362 valence electrons. The zero-order valence-electron chi connectivity index (χ0n) is 38.6. The van der Waals surface area contributed by atoms with Crippen LogP contribution in [0.15, 0.2) is 172 Å². The van der Waals surface area contributed by atoms with Crippen LogP contribution in [0.25, 0.3) is 0 Å². The average Bonchev–Trinajstić information content (AvgIpc) is 4.09. The van der Waals surface area contributed by atoms with E-state index in [0.29, 0.717) is 5.08 Å². The standard InChI is InChI=1S/C52H47N7O7S5/c1-50(2,3)65-48(63)56-47-54-39(29-67-47)40(58-66-52(36-23-13-6-14-24-36,37-25-15-7-16-26-37)38-27-17-8-18-28-38)43(60)55-41-44(61)59-30-51(31-68-45(41)59,71-33-70-49-57-53-32-69-49)46(62)64-42(34-19-9-4-10-20-34)35-21-11-5-12-22-35/h4-29,32,41-42,45H,30-31,33H2,1-3H3,(H,55,60)(H,54,56,63)/b58-40-/t41?,45-,51?/m1/s1. The molecule has 3 amide bonds. The second-order valence-electron chi connectivity index (χ2n) is 17.3. The van der Waals surface area contributed by atoms with Crippen molar-refractivity contribution >= 4 is 92.7 Å². The van der Waals surface area contributed by atoms with Gasteiger partial charge >= 0.3 is 12.1 Å². The van der Waals surface area contributed by atoms with Crippen LogP contribution in [-0.2, 0) is 34.3 Å². The minimum atomic E-state index is -1.37. The Hall–Kier alpha value is -6.51. The molecule has 14 nitrogen and oxygen atoms in total. The number of carbonyl (C=O) groups is 4. The Morgan fingerprint density at radius 2 is 1.38 bits per heavy atom. The summed E-state index contributed by atoms with van der Waals surface area (Å²) in [6.07, 6.45) is -1.43. The largest absolute Gasteiger partial charge is 0.451 e. The second-order valence-corrected chi connectivity index (χ2v) is 23.0. The number of β-lactam (4-membered cyclic amide) rings is 1. The Labute approximate surface area is 431 Å². The minimum absolute atomic E-state index is 0.0376. The van der Waals surface area contributed by atoms with E-state index in [-0.39, 0.29) is 34.7 Å². The molecule has 2 aliphatic heterocycles. The zero-order chi connectivity index (χ0) is 49.4. The number of amides is 3. The van der Waals surface area contributed by atoms with Crippen molar-refractivity contribution in [3.63, 3.8) is 0 Å². The number of benzene rings is 5. The highest BCUT2D eigenvalue weighted by Crippen LogP contribution is 2.47. The van der Waals surface area contributed by atoms with Gasteiger partial charge in [0.25, 0.3) is 5.91 Å². The summed E-state index contributed by atoms with van der Waals surface area (Å²) in [6, 6.07) is 46.8. The first-order chi connectivity index (χ1) is 34.4. The molecule has 9 rings (SSSR count). The van der Waals surface area contributed by atoms with Crippen LogP contribution in [0.1, 0.15) is 60.4 Å². The number of aromatic nitrogens is 3. The first kappa shape index (κ1) is 49.5. The number of nitrogens with one attached hydrogen (secondary N) is 2. The SMILES string of the molecule is CC(C)(C)OC(=O)Nc1nc(/C(=N/OC(c2ccccc2)(c2ccccc2)c2ccccc2)C(=O)NC2C(=O)N3CC(SCSc4nncs4)(C(=O)OC(c4ccccc4)c4ccccc4)CS[C@H]23)cs1. The number of oxime groups is 1. The molecule has 0 bridgehead atoms. The van der Waals surface area contributed by atoms with E-state index in [1.54, 1.807) is 36.6 Å². The topological polar surface area (TPSA) is 174 Å². The highest BCUT2D eigenvalue weighted by Gasteiger charge is 2.59. The van der Waals surface area contributed by atoms with Crippen molar-refractivity contribution in [2.24, 2.45) is 5.16 Å². The van der Waals surface area contributed by atoms with Crippen LogP contribution in [-0.4, -0.2) is 88.8 Å². The Bertz CT molecular complexity index is 2830. The quantitative estimate of drug-likeness (QED) is 0.0168. The fraction of sp³-hybridized carbons (Fsp3) is 0.231. The van der Waals surface area contributed by atoms with Gasteiger partial charge in [0.15, 0.2) is 21.3 Å². The van der Waals surface area contributed by atoms with Crippen molar-refractivity contribution in [3.8, 4) is 0 Å². The van der Waals surface area contributed by atoms with E-state index in [4.69, 9.17) is 14.3 Å². The van der Waals surface area contributed by atoms with Gasteiger partial charge in [-0.2, -0.15) is 0 Å². The van der Waals surface area contributed by atoms with Gasteiger partial charge < -0.3 is 24.5 Å². The second kappa shape index (κ2) is 21.9. The molecule has 3 atom stereocenters. The van der Waals surface area contributed by atoms with Gasteiger partial charge in [0.2, 0.25) is 11.5 Å². The smallest absolute Gasteiger partial charge is 0.413 e. The van der Waals surface area contributed by atoms with Crippen LogP contribution >= 0.6 is 58.0 Å². The summed E-state index contributed by atoms with van der Waals surface area (Å²) in [7, 11) is 0. The molecule has 0 spiro atoms. The molecular weight excluding hydrogens is 995 g/mol. The number of rotatable bonds is 17. The van der Waals surface area contributed by atoms with Crippen molar-refractivity contribution in [3.05, 3.63) is 196 Å². The van der Waals surface area contributed by atoms with Gasteiger partial charge in [-0.25, -0.2) is 9.78 Å². The monoisotopic (exact) mass is 1040 g/mol. The van der Waals surface area contributed by atoms with E-state index < -0.39 is 51.4 Å². The molecule has 19 heteroatoms. The third-order valence-corrected chi connectivity index (χ3v) is 17.2. The number of carbonyl (C=O) groups excluding carboxylic acids is 4. The molecule has 2 aromatic heterocycles. The lowest BCUT2D eigenvalue weighted by atomic mass is 9.80. The van der Waals surface area contributed by atoms with Crippen LogP contribution in [0.3, 0.4) is 0 Å². The third-order valence-electron chi connectivity index (χ3n) is 11.4. The number of hydrogen-bond donors (Lipinski definition) is 2. The highest BCUT2D eigenvalue weighted by molar-refractivity contribution is 8.18. The maximum atomic E-state index is 14.9. The number of anilines is 1. The molecule has 0 radical (unpaired) electrons. The number of hydrogen-bond acceptors (Lipinski definition) is 16. The van der Waals surface area contributed by atoms with E-state index >= 15 is 0 Å². The Morgan fingerprint density at radius 1 is 0.817 bits per heavy atom. The van der Waals surface area contributed by atoms with Crippen LogP contribution in [0.2, 0.25) is 0 Å². The Morgan fingerprint density at radius 3 is 1.92 bits per heavy atom. The first-order valence-electron chi connectivity index (χ1n) is 22.4. The van der Waals surface area contributed by atoms with Crippen molar-refractivity contribution in [2.75, 3.05) is 22.7 Å². The number of esters is 1. The normalized spacial score (nSPS) is 17.9. The number of thiazole rings is 1. The lowest BCUT2D eigenvalue weighted by Crippen LogP contribution is -2.75. The average molecular weight is 1040 g/mol. The predicted molar refractivity (Wildman–Crippen MR) is 280 cm³/mol. The molecule has 0 saturated carbocycles. The summed E-state index contributed by atoms with van der Waals surface area (Å²) in [6.45, 7) is 5.28. The lowest BCUT2D eigenvalue weighted by Gasteiger charge is -2.53. The van der Waals surface area contributed by atoms with Crippen LogP contribution < -0.4 is 10.6 Å².